The van der Waals surface area contributed by atoms with Gasteiger partial charge in [0.15, 0.2) is 0 Å². The van der Waals surface area contributed by atoms with Gasteiger partial charge in [0.1, 0.15) is 0 Å². The van der Waals surface area contributed by atoms with Gasteiger partial charge >= 0.3 is 0 Å². The fourth-order valence-electron chi connectivity index (χ4n) is 4.14. The van der Waals surface area contributed by atoms with Gasteiger partial charge < -0.3 is 10.1 Å². The van der Waals surface area contributed by atoms with Crippen LogP contribution in [-0.2, 0) is 4.74 Å². The molecule has 0 radical (unpaired) electrons. The number of hydrogen-bond donors (Lipinski definition) is 1. The van der Waals surface area contributed by atoms with Crippen LogP contribution in [0.15, 0.2) is 0 Å². The Morgan fingerprint density at radius 2 is 1.95 bits per heavy atom. The molecule has 0 bridgehead atoms. The molecule has 0 spiro atoms. The zero-order chi connectivity index (χ0) is 15.4. The molecule has 0 amide bonds. The molecule has 2 rings (SSSR count). The Morgan fingerprint density at radius 3 is 2.57 bits per heavy atom. The van der Waals surface area contributed by atoms with E-state index in [0.29, 0.717) is 24.1 Å². The van der Waals surface area contributed by atoms with Crippen LogP contribution in [0.3, 0.4) is 0 Å². The van der Waals surface area contributed by atoms with Crippen molar-refractivity contribution < 1.29 is 4.74 Å². The summed E-state index contributed by atoms with van der Waals surface area (Å²) in [6, 6.07) is 2.09. The summed E-state index contributed by atoms with van der Waals surface area (Å²) in [5.74, 6) is 1.49. The molecule has 3 nitrogen and oxygen atoms in total. The van der Waals surface area contributed by atoms with Crippen LogP contribution in [0.5, 0.6) is 0 Å². The van der Waals surface area contributed by atoms with Gasteiger partial charge in [0.05, 0.1) is 6.10 Å². The first-order chi connectivity index (χ1) is 10.0. The quantitative estimate of drug-likeness (QED) is 0.842. The van der Waals surface area contributed by atoms with Gasteiger partial charge in [0, 0.05) is 38.3 Å². The number of piperazine rings is 1. The lowest BCUT2D eigenvalue weighted by Crippen LogP contribution is -2.61. The summed E-state index contributed by atoms with van der Waals surface area (Å²) in [6.07, 6.45) is 6.96. The zero-order valence-corrected chi connectivity index (χ0v) is 14.8. The number of methoxy groups -OCH3 is 1. The summed E-state index contributed by atoms with van der Waals surface area (Å²) in [7, 11) is 1.88. The van der Waals surface area contributed by atoms with Crippen LogP contribution in [-0.4, -0.2) is 49.3 Å². The molecule has 1 N–H and O–H groups in total. The maximum atomic E-state index is 5.66. The second-order valence-electron chi connectivity index (χ2n) is 7.92. The van der Waals surface area contributed by atoms with Crippen LogP contribution in [0.1, 0.15) is 59.8 Å². The molecule has 1 heterocycles. The molecular formula is C18H36N2O. The van der Waals surface area contributed by atoms with Gasteiger partial charge in [0.25, 0.3) is 0 Å². The first-order valence-electron chi connectivity index (χ1n) is 9.03. The molecule has 1 saturated heterocycles. The van der Waals surface area contributed by atoms with Crippen molar-refractivity contribution in [2.75, 3.05) is 20.2 Å². The Labute approximate surface area is 131 Å². The zero-order valence-electron chi connectivity index (χ0n) is 14.8. The standard InChI is InChI=1S/C18H36N2O/c1-13(2)9-16-11-19-18(14(3)4)12-20(16)15-7-6-8-17(10-15)21-5/h13-19H,6-12H2,1-5H3. The van der Waals surface area contributed by atoms with Gasteiger partial charge in [-0.25, -0.2) is 0 Å². The molecule has 124 valence electrons. The van der Waals surface area contributed by atoms with E-state index < -0.39 is 0 Å². The fraction of sp³-hybridized carbons (Fsp3) is 1.00. The van der Waals surface area contributed by atoms with Gasteiger partial charge in [-0.15, -0.1) is 0 Å². The monoisotopic (exact) mass is 296 g/mol. The maximum Gasteiger partial charge on any atom is 0.0586 e. The third kappa shape index (κ3) is 4.67. The molecule has 2 fully saturated rings. The number of nitrogens with one attached hydrogen (secondary N) is 1. The lowest BCUT2D eigenvalue weighted by Gasteiger charge is -2.48. The highest BCUT2D eigenvalue weighted by molar-refractivity contribution is 4.93. The van der Waals surface area contributed by atoms with Gasteiger partial charge in [-0.2, -0.15) is 0 Å². The lowest BCUT2D eigenvalue weighted by atomic mass is 9.87. The third-order valence-corrected chi connectivity index (χ3v) is 5.44. The van der Waals surface area contributed by atoms with E-state index in [1.807, 2.05) is 7.11 Å². The largest absolute Gasteiger partial charge is 0.381 e. The molecule has 1 aliphatic carbocycles. The van der Waals surface area contributed by atoms with Crippen molar-refractivity contribution in [3.8, 4) is 0 Å². The Morgan fingerprint density at radius 1 is 1.19 bits per heavy atom. The average Bonchev–Trinajstić information content (AvgIpc) is 2.47. The minimum Gasteiger partial charge on any atom is -0.381 e. The molecule has 1 aliphatic heterocycles. The third-order valence-electron chi connectivity index (χ3n) is 5.44. The van der Waals surface area contributed by atoms with E-state index >= 15 is 0 Å². The van der Waals surface area contributed by atoms with E-state index in [0.717, 1.165) is 18.5 Å². The van der Waals surface area contributed by atoms with Crippen LogP contribution in [0, 0.1) is 11.8 Å². The van der Waals surface area contributed by atoms with Crippen molar-refractivity contribution in [2.45, 2.75) is 84.0 Å². The summed E-state index contributed by atoms with van der Waals surface area (Å²) in [5.41, 5.74) is 0. The van der Waals surface area contributed by atoms with Crippen molar-refractivity contribution in [3.05, 3.63) is 0 Å². The molecule has 4 atom stereocenters. The van der Waals surface area contributed by atoms with Crippen molar-refractivity contribution in [3.63, 3.8) is 0 Å². The predicted octanol–water partition coefficient (Wildman–Crippen LogP) is 3.29. The molecule has 1 saturated carbocycles. The van der Waals surface area contributed by atoms with Gasteiger partial charge in [-0.05, 0) is 43.9 Å². The van der Waals surface area contributed by atoms with Crippen molar-refractivity contribution in [1.29, 1.82) is 0 Å². The lowest BCUT2D eigenvalue weighted by molar-refractivity contribution is -0.00777. The Hall–Kier alpha value is -0.120. The average molecular weight is 296 g/mol. The van der Waals surface area contributed by atoms with Crippen molar-refractivity contribution in [1.82, 2.24) is 10.2 Å². The summed E-state index contributed by atoms with van der Waals surface area (Å²) in [5, 5.41) is 3.80. The summed E-state index contributed by atoms with van der Waals surface area (Å²) >= 11 is 0. The number of nitrogens with zero attached hydrogens (tertiary/aromatic N) is 1. The minimum atomic E-state index is 0.482. The van der Waals surface area contributed by atoms with Gasteiger partial charge in [-0.3, -0.25) is 4.90 Å². The maximum absolute atomic E-state index is 5.66. The SMILES string of the molecule is COC1CCCC(N2CC(C(C)C)NCC2CC(C)C)C1. The Bertz CT molecular complexity index is 306. The Kier molecular flexibility index (Phi) is 6.51. The van der Waals surface area contributed by atoms with Crippen LogP contribution >= 0.6 is 0 Å². The van der Waals surface area contributed by atoms with Crippen molar-refractivity contribution >= 4 is 0 Å². The summed E-state index contributed by atoms with van der Waals surface area (Å²) < 4.78 is 5.66. The van der Waals surface area contributed by atoms with E-state index in [-0.39, 0.29) is 0 Å². The minimum absolute atomic E-state index is 0.482. The van der Waals surface area contributed by atoms with E-state index in [9.17, 15) is 0 Å². The first kappa shape index (κ1) is 17.2. The molecule has 3 heteroatoms. The van der Waals surface area contributed by atoms with Gasteiger partial charge in [0.2, 0.25) is 0 Å². The normalized spacial score (nSPS) is 35.6. The summed E-state index contributed by atoms with van der Waals surface area (Å²) in [6.45, 7) is 11.8. The topological polar surface area (TPSA) is 24.5 Å². The highest BCUT2D eigenvalue weighted by Gasteiger charge is 2.36. The molecule has 21 heavy (non-hydrogen) atoms. The Balaban J connectivity index is 2.04. The number of rotatable bonds is 5. The predicted molar refractivity (Wildman–Crippen MR) is 89.6 cm³/mol. The molecular weight excluding hydrogens is 260 g/mol. The second-order valence-corrected chi connectivity index (χ2v) is 7.92. The molecule has 0 aromatic rings. The molecule has 0 aromatic heterocycles. The van der Waals surface area contributed by atoms with Crippen molar-refractivity contribution in [2.24, 2.45) is 11.8 Å². The second kappa shape index (κ2) is 7.94. The smallest absolute Gasteiger partial charge is 0.0586 e. The van der Waals surface area contributed by atoms with E-state index in [1.54, 1.807) is 0 Å². The van der Waals surface area contributed by atoms with Crippen LogP contribution in [0.4, 0.5) is 0 Å². The summed E-state index contributed by atoms with van der Waals surface area (Å²) in [4.78, 5) is 2.84. The van der Waals surface area contributed by atoms with Crippen LogP contribution in [0.25, 0.3) is 0 Å². The number of ether oxygens (including phenoxy) is 1. The van der Waals surface area contributed by atoms with E-state index in [4.69, 9.17) is 4.74 Å². The highest BCUT2D eigenvalue weighted by Crippen LogP contribution is 2.30. The highest BCUT2D eigenvalue weighted by atomic mass is 16.5. The first-order valence-corrected chi connectivity index (χ1v) is 9.03. The van der Waals surface area contributed by atoms with E-state index in [1.165, 1.54) is 38.6 Å². The van der Waals surface area contributed by atoms with Crippen LogP contribution < -0.4 is 5.32 Å². The van der Waals surface area contributed by atoms with Gasteiger partial charge in [-0.1, -0.05) is 27.7 Å². The fourth-order valence-corrected chi connectivity index (χ4v) is 4.14. The molecule has 2 aliphatic rings. The molecule has 0 aromatic carbocycles. The van der Waals surface area contributed by atoms with E-state index in [2.05, 4.69) is 37.9 Å². The van der Waals surface area contributed by atoms with Crippen LogP contribution in [0.2, 0.25) is 0 Å². The number of hydrogen-bond acceptors (Lipinski definition) is 3. The molecule has 4 unspecified atom stereocenters.